The van der Waals surface area contributed by atoms with Gasteiger partial charge in [0.05, 0.1) is 12.7 Å². The van der Waals surface area contributed by atoms with Gasteiger partial charge in [0, 0.05) is 26.7 Å². The summed E-state index contributed by atoms with van der Waals surface area (Å²) in [6, 6.07) is -0.664. The van der Waals surface area contributed by atoms with E-state index >= 15 is 0 Å². The molecule has 148 valence electrons. The van der Waals surface area contributed by atoms with E-state index in [-0.39, 0.29) is 47.5 Å². The summed E-state index contributed by atoms with van der Waals surface area (Å²) < 4.78 is 47.6. The molecule has 0 radical (unpaired) electrons. The highest BCUT2D eigenvalue weighted by molar-refractivity contribution is 7.89. The van der Waals surface area contributed by atoms with Gasteiger partial charge in [0.25, 0.3) is 5.91 Å². The molecule has 2 aromatic rings. The summed E-state index contributed by atoms with van der Waals surface area (Å²) in [5, 5.41) is 11.3. The zero-order valence-electron chi connectivity index (χ0n) is 15.5. The van der Waals surface area contributed by atoms with Crippen LogP contribution in [0.1, 0.15) is 28.4 Å². The summed E-state index contributed by atoms with van der Waals surface area (Å²) in [4.78, 5) is 13.2. The number of hydrogen-bond acceptors (Lipinski definition) is 7. The number of carbonyl (C=O) groups is 1. The first-order valence-electron chi connectivity index (χ1n) is 8.31. The van der Waals surface area contributed by atoms with Gasteiger partial charge in [-0.15, -0.1) is 5.10 Å². The Kier molecular flexibility index (Phi) is 5.04. The first-order chi connectivity index (χ1) is 12.6. The minimum absolute atomic E-state index is 0.0272. The maximum Gasteiger partial charge on any atom is 0.275 e. The first-order valence-corrected chi connectivity index (χ1v) is 9.75. The van der Waals surface area contributed by atoms with Crippen LogP contribution in [0, 0.1) is 13.8 Å². The molecule has 0 spiro atoms. The van der Waals surface area contributed by atoms with Crippen LogP contribution in [0.5, 0.6) is 0 Å². The molecule has 0 aliphatic carbocycles. The number of hydrogen-bond donors (Lipinski definition) is 0. The predicted octanol–water partition coefficient (Wildman–Crippen LogP) is 0.386. The summed E-state index contributed by atoms with van der Waals surface area (Å²) in [6.07, 6.45) is 0.158. The summed E-state index contributed by atoms with van der Waals surface area (Å²) in [7, 11) is -0.807. The van der Waals surface area contributed by atoms with Crippen LogP contribution in [0.3, 0.4) is 0 Å². The van der Waals surface area contributed by atoms with Crippen LogP contribution in [-0.4, -0.2) is 76.5 Å². The largest absolute Gasteiger partial charge is 0.360 e. The lowest BCUT2D eigenvalue weighted by Gasteiger charge is -2.23. The number of aryl methyl sites for hydroxylation is 2. The summed E-state index contributed by atoms with van der Waals surface area (Å²) in [5.74, 6) is -0.163. The molecular weight excluding hydrogens is 379 g/mol. The lowest BCUT2D eigenvalue weighted by molar-refractivity contribution is 0.0822. The van der Waals surface area contributed by atoms with Gasteiger partial charge in [0.1, 0.15) is 16.8 Å². The Bertz CT molecular complexity index is 934. The molecule has 0 aromatic carbocycles. The van der Waals surface area contributed by atoms with Crippen LogP contribution in [0.25, 0.3) is 0 Å². The Balaban J connectivity index is 1.86. The Morgan fingerprint density at radius 1 is 1.41 bits per heavy atom. The quantitative estimate of drug-likeness (QED) is 0.713. The van der Waals surface area contributed by atoms with Crippen molar-refractivity contribution in [1.29, 1.82) is 0 Å². The van der Waals surface area contributed by atoms with E-state index in [0.29, 0.717) is 0 Å². The average Bonchev–Trinajstić information content (AvgIpc) is 3.27. The zero-order chi connectivity index (χ0) is 19.9. The van der Waals surface area contributed by atoms with Crippen molar-refractivity contribution in [2.24, 2.45) is 0 Å². The Morgan fingerprint density at radius 2 is 2.11 bits per heavy atom. The molecule has 1 amide bonds. The molecule has 0 unspecified atom stereocenters. The van der Waals surface area contributed by atoms with Crippen molar-refractivity contribution in [2.45, 2.75) is 43.9 Å². The molecule has 3 heterocycles. The summed E-state index contributed by atoms with van der Waals surface area (Å²) >= 11 is 0. The van der Waals surface area contributed by atoms with E-state index in [1.165, 1.54) is 29.6 Å². The summed E-state index contributed by atoms with van der Waals surface area (Å²) in [6.45, 7) is 2.85. The van der Waals surface area contributed by atoms with E-state index in [4.69, 9.17) is 4.52 Å². The van der Waals surface area contributed by atoms with Crippen LogP contribution in [0.2, 0.25) is 0 Å². The molecule has 1 saturated heterocycles. The summed E-state index contributed by atoms with van der Waals surface area (Å²) in [5.41, 5.74) is 0.364. The maximum absolute atomic E-state index is 14.1. The van der Waals surface area contributed by atoms with E-state index in [1.54, 1.807) is 14.1 Å². The molecule has 2 aromatic heterocycles. The van der Waals surface area contributed by atoms with Gasteiger partial charge in [-0.05, 0) is 20.3 Å². The number of nitrogens with zero attached hydrogens (tertiary/aromatic N) is 6. The van der Waals surface area contributed by atoms with Gasteiger partial charge in [-0.1, -0.05) is 10.4 Å². The number of rotatable bonds is 5. The second-order valence-corrected chi connectivity index (χ2v) is 8.57. The zero-order valence-corrected chi connectivity index (χ0v) is 16.3. The van der Waals surface area contributed by atoms with E-state index in [9.17, 15) is 17.6 Å². The van der Waals surface area contributed by atoms with Gasteiger partial charge in [-0.25, -0.2) is 12.8 Å². The molecule has 27 heavy (non-hydrogen) atoms. The van der Waals surface area contributed by atoms with Crippen LogP contribution >= 0.6 is 0 Å². The minimum Gasteiger partial charge on any atom is -0.360 e. The molecule has 2 atom stereocenters. The van der Waals surface area contributed by atoms with Gasteiger partial charge in [0.15, 0.2) is 11.5 Å². The van der Waals surface area contributed by atoms with Crippen LogP contribution < -0.4 is 0 Å². The van der Waals surface area contributed by atoms with Crippen LogP contribution in [-0.2, 0) is 16.6 Å². The van der Waals surface area contributed by atoms with Crippen molar-refractivity contribution in [3.05, 3.63) is 23.3 Å². The van der Waals surface area contributed by atoms with E-state index in [0.717, 1.165) is 4.31 Å². The number of sulfonamides is 1. The topological polar surface area (TPSA) is 114 Å². The third-order valence-electron chi connectivity index (χ3n) is 4.41. The fourth-order valence-corrected chi connectivity index (χ4v) is 5.13. The van der Waals surface area contributed by atoms with Crippen LogP contribution in [0.15, 0.2) is 15.6 Å². The van der Waals surface area contributed by atoms with E-state index in [1.807, 2.05) is 0 Å². The van der Waals surface area contributed by atoms with Crippen molar-refractivity contribution < 1.29 is 22.1 Å². The SMILES string of the molecule is Cc1noc(C)c1S(=O)(=O)N1C[C@@H](F)C[C@H]1Cn1cc(C(=O)N(C)C)nn1. The molecule has 1 fully saturated rings. The third-order valence-corrected chi connectivity index (χ3v) is 6.57. The molecule has 0 bridgehead atoms. The Morgan fingerprint density at radius 3 is 2.70 bits per heavy atom. The number of amides is 1. The number of halogens is 1. The van der Waals surface area contributed by atoms with Crippen LogP contribution in [0.4, 0.5) is 4.39 Å². The third kappa shape index (κ3) is 3.58. The Hall–Kier alpha value is -2.34. The van der Waals surface area contributed by atoms with Gasteiger partial charge in [0.2, 0.25) is 10.0 Å². The minimum atomic E-state index is -3.98. The molecule has 10 nitrogen and oxygen atoms in total. The van der Waals surface area contributed by atoms with Crippen molar-refractivity contribution in [1.82, 2.24) is 29.4 Å². The highest BCUT2D eigenvalue weighted by Gasteiger charge is 2.43. The molecule has 1 aliphatic heterocycles. The molecule has 12 heteroatoms. The molecular formula is C15H21FN6O4S. The van der Waals surface area contributed by atoms with Crippen molar-refractivity contribution in [3.63, 3.8) is 0 Å². The van der Waals surface area contributed by atoms with Crippen molar-refractivity contribution in [2.75, 3.05) is 20.6 Å². The van der Waals surface area contributed by atoms with E-state index < -0.39 is 22.2 Å². The average molecular weight is 400 g/mol. The van der Waals surface area contributed by atoms with Gasteiger partial charge in [-0.3, -0.25) is 9.48 Å². The number of carbonyl (C=O) groups excluding carboxylic acids is 1. The van der Waals surface area contributed by atoms with Gasteiger partial charge >= 0.3 is 0 Å². The number of aromatic nitrogens is 4. The highest BCUT2D eigenvalue weighted by Crippen LogP contribution is 2.31. The van der Waals surface area contributed by atoms with Gasteiger partial charge < -0.3 is 9.42 Å². The maximum atomic E-state index is 14.1. The normalized spacial score (nSPS) is 20.9. The fraction of sp³-hybridized carbons (Fsp3) is 0.600. The number of alkyl halides is 1. The Labute approximate surface area is 156 Å². The standard InChI is InChI=1S/C15H21FN6O4S/c1-9-14(10(2)26-18-9)27(24,25)22-6-11(16)5-12(22)7-21-8-13(17-19-21)15(23)20(3)4/h8,11-12H,5-7H2,1-4H3/t11-,12-/m0/s1. The van der Waals surface area contributed by atoms with Gasteiger partial charge in [-0.2, -0.15) is 4.31 Å². The lowest BCUT2D eigenvalue weighted by atomic mass is 10.2. The monoisotopic (exact) mass is 400 g/mol. The second-order valence-electron chi connectivity index (χ2n) is 6.74. The van der Waals surface area contributed by atoms with Crippen molar-refractivity contribution >= 4 is 15.9 Å². The molecule has 3 rings (SSSR count). The van der Waals surface area contributed by atoms with Crippen molar-refractivity contribution in [3.8, 4) is 0 Å². The predicted molar refractivity (Wildman–Crippen MR) is 91.2 cm³/mol. The fourth-order valence-electron chi connectivity index (χ4n) is 3.18. The smallest absolute Gasteiger partial charge is 0.275 e. The molecule has 0 N–H and O–H groups in total. The molecule has 0 saturated carbocycles. The first kappa shape index (κ1) is 19.4. The van der Waals surface area contributed by atoms with E-state index in [2.05, 4.69) is 15.5 Å². The lowest BCUT2D eigenvalue weighted by Crippen LogP contribution is -2.38. The second kappa shape index (κ2) is 7.00. The highest BCUT2D eigenvalue weighted by atomic mass is 32.2. The molecule has 1 aliphatic rings.